The predicted molar refractivity (Wildman–Crippen MR) is 71.8 cm³/mol. The van der Waals surface area contributed by atoms with Gasteiger partial charge in [-0.05, 0) is 31.0 Å². The highest BCUT2D eigenvalue weighted by Gasteiger charge is 2.11. The van der Waals surface area contributed by atoms with Crippen molar-refractivity contribution in [3.8, 4) is 0 Å². The minimum absolute atomic E-state index is 0.0284. The van der Waals surface area contributed by atoms with Crippen LogP contribution < -0.4 is 5.73 Å². The summed E-state index contributed by atoms with van der Waals surface area (Å²) >= 11 is 0. The molecule has 0 aromatic heterocycles. The summed E-state index contributed by atoms with van der Waals surface area (Å²) in [6, 6.07) is 5.74. The Hall–Kier alpha value is -1.39. The van der Waals surface area contributed by atoms with Gasteiger partial charge in [-0.1, -0.05) is 6.07 Å². The lowest BCUT2D eigenvalue weighted by Gasteiger charge is -2.26. The number of nitrogens with two attached hydrogens (primary N) is 1. The Balaban J connectivity index is 1.96. The van der Waals surface area contributed by atoms with E-state index in [1.807, 2.05) is 18.2 Å². The molecule has 4 heteroatoms. The molecule has 1 aromatic rings. The lowest BCUT2D eigenvalue weighted by atomic mass is 10.0. The number of hydrogen-bond donors (Lipinski definition) is 1. The van der Waals surface area contributed by atoms with E-state index in [1.165, 1.54) is 5.56 Å². The molecule has 1 saturated heterocycles. The summed E-state index contributed by atoms with van der Waals surface area (Å²) in [5, 5.41) is 0. The molecule has 98 valence electrons. The maximum Gasteiger partial charge on any atom is 0.161 e. The Kier molecular flexibility index (Phi) is 4.33. The van der Waals surface area contributed by atoms with Crippen molar-refractivity contribution >= 4 is 11.5 Å². The molecule has 0 bridgehead atoms. The third kappa shape index (κ3) is 3.31. The summed E-state index contributed by atoms with van der Waals surface area (Å²) in [6.07, 6.45) is 0.945. The Labute approximate surface area is 108 Å². The van der Waals surface area contributed by atoms with Crippen LogP contribution in [0.1, 0.15) is 22.8 Å². The molecule has 0 unspecified atom stereocenters. The van der Waals surface area contributed by atoms with Crippen LogP contribution in [-0.2, 0) is 11.2 Å². The Morgan fingerprint density at radius 3 is 2.78 bits per heavy atom. The smallest absolute Gasteiger partial charge is 0.161 e. The fourth-order valence-electron chi connectivity index (χ4n) is 2.18. The highest BCUT2D eigenvalue weighted by atomic mass is 16.5. The van der Waals surface area contributed by atoms with E-state index in [2.05, 4.69) is 4.90 Å². The van der Waals surface area contributed by atoms with E-state index < -0.39 is 0 Å². The summed E-state index contributed by atoms with van der Waals surface area (Å²) < 4.78 is 5.32. The molecule has 1 aromatic carbocycles. The first-order valence-electron chi connectivity index (χ1n) is 6.36. The Morgan fingerprint density at radius 2 is 2.11 bits per heavy atom. The zero-order valence-electron chi connectivity index (χ0n) is 10.8. The van der Waals surface area contributed by atoms with Gasteiger partial charge in [0, 0.05) is 30.9 Å². The van der Waals surface area contributed by atoms with Gasteiger partial charge in [0.2, 0.25) is 0 Å². The average molecular weight is 248 g/mol. The number of ketones is 1. The molecule has 0 radical (unpaired) electrons. The van der Waals surface area contributed by atoms with Gasteiger partial charge in [-0.3, -0.25) is 9.69 Å². The van der Waals surface area contributed by atoms with Crippen LogP contribution in [0, 0.1) is 0 Å². The first kappa shape index (κ1) is 13.1. The molecule has 2 rings (SSSR count). The largest absolute Gasteiger partial charge is 0.398 e. The van der Waals surface area contributed by atoms with Gasteiger partial charge < -0.3 is 10.5 Å². The molecular weight excluding hydrogens is 228 g/mol. The molecule has 1 aliphatic heterocycles. The number of nitrogens with zero attached hydrogens (tertiary/aromatic N) is 1. The van der Waals surface area contributed by atoms with Crippen LogP contribution >= 0.6 is 0 Å². The number of carbonyl (C=O) groups excluding carboxylic acids is 1. The number of hydrogen-bond acceptors (Lipinski definition) is 4. The first-order chi connectivity index (χ1) is 8.66. The van der Waals surface area contributed by atoms with E-state index in [-0.39, 0.29) is 5.78 Å². The van der Waals surface area contributed by atoms with Crippen molar-refractivity contribution in [2.45, 2.75) is 13.3 Å². The van der Waals surface area contributed by atoms with Gasteiger partial charge in [0.15, 0.2) is 5.78 Å². The van der Waals surface area contributed by atoms with Crippen LogP contribution in [0.3, 0.4) is 0 Å². The lowest BCUT2D eigenvalue weighted by Crippen LogP contribution is -2.37. The SMILES string of the molecule is CC(=O)c1cc(CCN2CCOCC2)ccc1N. The van der Waals surface area contributed by atoms with Crippen LogP contribution in [0.15, 0.2) is 18.2 Å². The standard InChI is InChI=1S/C14H20N2O2/c1-11(17)13-10-12(2-3-14(13)15)4-5-16-6-8-18-9-7-16/h2-3,10H,4-9,15H2,1H3. The van der Waals surface area contributed by atoms with Crippen molar-refractivity contribution in [2.24, 2.45) is 0 Å². The van der Waals surface area contributed by atoms with Crippen molar-refractivity contribution in [1.82, 2.24) is 4.90 Å². The van der Waals surface area contributed by atoms with Crippen molar-refractivity contribution in [2.75, 3.05) is 38.6 Å². The van der Waals surface area contributed by atoms with E-state index in [4.69, 9.17) is 10.5 Å². The number of morpholine rings is 1. The monoisotopic (exact) mass is 248 g/mol. The maximum absolute atomic E-state index is 11.4. The number of carbonyl (C=O) groups is 1. The molecule has 0 aliphatic carbocycles. The molecule has 0 saturated carbocycles. The topological polar surface area (TPSA) is 55.6 Å². The van der Waals surface area contributed by atoms with E-state index in [1.54, 1.807) is 6.92 Å². The molecule has 1 fully saturated rings. The highest BCUT2D eigenvalue weighted by molar-refractivity contribution is 5.99. The predicted octanol–water partition coefficient (Wildman–Crippen LogP) is 1.35. The zero-order chi connectivity index (χ0) is 13.0. The third-order valence-corrected chi connectivity index (χ3v) is 3.32. The Morgan fingerprint density at radius 1 is 1.39 bits per heavy atom. The zero-order valence-corrected chi connectivity index (χ0v) is 10.8. The van der Waals surface area contributed by atoms with E-state index in [0.29, 0.717) is 11.3 Å². The summed E-state index contributed by atoms with van der Waals surface area (Å²) in [5.74, 6) is 0.0284. The fraction of sp³-hybridized carbons (Fsp3) is 0.500. The number of rotatable bonds is 4. The van der Waals surface area contributed by atoms with Gasteiger partial charge in [0.1, 0.15) is 0 Å². The molecule has 0 spiro atoms. The molecule has 1 heterocycles. The summed E-state index contributed by atoms with van der Waals surface area (Å²) in [6.45, 7) is 6.19. The summed E-state index contributed by atoms with van der Waals surface area (Å²) in [5.41, 5.74) is 8.15. The average Bonchev–Trinajstić information content (AvgIpc) is 2.38. The molecule has 2 N–H and O–H groups in total. The molecule has 4 nitrogen and oxygen atoms in total. The summed E-state index contributed by atoms with van der Waals surface area (Å²) in [4.78, 5) is 13.8. The molecular formula is C14H20N2O2. The van der Waals surface area contributed by atoms with Crippen molar-refractivity contribution in [3.63, 3.8) is 0 Å². The number of nitrogen functional groups attached to an aromatic ring is 1. The molecule has 0 atom stereocenters. The first-order valence-corrected chi connectivity index (χ1v) is 6.36. The van der Waals surface area contributed by atoms with Gasteiger partial charge in [-0.15, -0.1) is 0 Å². The van der Waals surface area contributed by atoms with E-state index >= 15 is 0 Å². The fourth-order valence-corrected chi connectivity index (χ4v) is 2.18. The van der Waals surface area contributed by atoms with Crippen LogP contribution in [0.5, 0.6) is 0 Å². The van der Waals surface area contributed by atoms with Crippen LogP contribution in [0.4, 0.5) is 5.69 Å². The Bertz CT molecular complexity index is 426. The number of Topliss-reactive ketones (excluding diaryl/α,β-unsaturated/α-hetero) is 1. The minimum atomic E-state index is 0.0284. The van der Waals surface area contributed by atoms with Gasteiger partial charge in [0.25, 0.3) is 0 Å². The van der Waals surface area contributed by atoms with Gasteiger partial charge >= 0.3 is 0 Å². The second kappa shape index (κ2) is 5.98. The number of benzene rings is 1. The third-order valence-electron chi connectivity index (χ3n) is 3.32. The van der Waals surface area contributed by atoms with Gasteiger partial charge in [-0.25, -0.2) is 0 Å². The maximum atomic E-state index is 11.4. The molecule has 0 amide bonds. The summed E-state index contributed by atoms with van der Waals surface area (Å²) in [7, 11) is 0. The number of ether oxygens (including phenoxy) is 1. The normalized spacial score (nSPS) is 16.7. The second-order valence-electron chi connectivity index (χ2n) is 4.68. The van der Waals surface area contributed by atoms with Crippen molar-refractivity contribution < 1.29 is 9.53 Å². The lowest BCUT2D eigenvalue weighted by molar-refractivity contribution is 0.0384. The molecule has 1 aliphatic rings. The second-order valence-corrected chi connectivity index (χ2v) is 4.68. The van der Waals surface area contributed by atoms with Crippen LogP contribution in [-0.4, -0.2) is 43.5 Å². The number of anilines is 1. The molecule has 18 heavy (non-hydrogen) atoms. The minimum Gasteiger partial charge on any atom is -0.398 e. The van der Waals surface area contributed by atoms with Gasteiger partial charge in [-0.2, -0.15) is 0 Å². The van der Waals surface area contributed by atoms with E-state index in [9.17, 15) is 4.79 Å². The highest BCUT2D eigenvalue weighted by Crippen LogP contribution is 2.15. The quantitative estimate of drug-likeness (QED) is 0.645. The van der Waals surface area contributed by atoms with Gasteiger partial charge in [0.05, 0.1) is 13.2 Å². The van der Waals surface area contributed by atoms with E-state index in [0.717, 1.165) is 39.3 Å². The van der Waals surface area contributed by atoms with Crippen LogP contribution in [0.25, 0.3) is 0 Å². The van der Waals surface area contributed by atoms with Crippen molar-refractivity contribution in [3.05, 3.63) is 29.3 Å². The van der Waals surface area contributed by atoms with Crippen molar-refractivity contribution in [1.29, 1.82) is 0 Å². The van der Waals surface area contributed by atoms with Crippen LogP contribution in [0.2, 0.25) is 0 Å².